The van der Waals surface area contributed by atoms with E-state index in [0.29, 0.717) is 13.1 Å². The molecule has 142 valence electrons. The summed E-state index contributed by atoms with van der Waals surface area (Å²) < 4.78 is 0. The highest BCUT2D eigenvalue weighted by molar-refractivity contribution is 5.88. The molecular weight excluding hydrogens is 336 g/mol. The van der Waals surface area contributed by atoms with Crippen molar-refractivity contribution in [3.05, 3.63) is 71.3 Å². The number of piperidine rings is 1. The van der Waals surface area contributed by atoms with Crippen LogP contribution < -0.4 is 5.32 Å². The number of amides is 1. The van der Waals surface area contributed by atoms with Gasteiger partial charge in [-0.3, -0.25) is 14.5 Å². The summed E-state index contributed by atoms with van der Waals surface area (Å²) in [7, 11) is 0. The van der Waals surface area contributed by atoms with Gasteiger partial charge in [-0.1, -0.05) is 60.2 Å². The highest BCUT2D eigenvalue weighted by Crippen LogP contribution is 2.36. The number of carbonyl (C=O) groups excluding carboxylic acids is 2. The quantitative estimate of drug-likeness (QED) is 0.856. The molecular formula is C23H28N2O2. The summed E-state index contributed by atoms with van der Waals surface area (Å²) in [5.74, 6) is 0.254. The van der Waals surface area contributed by atoms with Crippen molar-refractivity contribution in [3.63, 3.8) is 0 Å². The standard InChI is InChI=1S/C23H28N2O2/c1-18-7-6-8-20(15-18)16-24-22(27)17-25-13-11-23(12-14-25,19(2)26)21-9-4-3-5-10-21/h3-10,15H,11-14,16-17H2,1-2H3,(H,24,27). The number of rotatable bonds is 6. The van der Waals surface area contributed by atoms with E-state index in [0.717, 1.165) is 37.1 Å². The topological polar surface area (TPSA) is 49.4 Å². The number of aryl methyl sites for hydroxylation is 1. The number of nitrogens with one attached hydrogen (secondary N) is 1. The maximum atomic E-state index is 12.4. The van der Waals surface area contributed by atoms with Crippen LogP contribution in [-0.2, 0) is 21.5 Å². The SMILES string of the molecule is CC(=O)C1(c2ccccc2)CCN(CC(=O)NCc2cccc(C)c2)CC1. The summed E-state index contributed by atoms with van der Waals surface area (Å²) in [6.45, 7) is 6.19. The fraction of sp³-hybridized carbons (Fsp3) is 0.391. The predicted octanol–water partition coefficient (Wildman–Crippen LogP) is 3.23. The molecule has 1 saturated heterocycles. The lowest BCUT2D eigenvalue weighted by Gasteiger charge is -2.40. The van der Waals surface area contributed by atoms with Crippen LogP contribution >= 0.6 is 0 Å². The van der Waals surface area contributed by atoms with Gasteiger partial charge in [-0.25, -0.2) is 0 Å². The third-order valence-electron chi connectivity index (χ3n) is 5.65. The number of carbonyl (C=O) groups is 2. The minimum Gasteiger partial charge on any atom is -0.351 e. The van der Waals surface area contributed by atoms with Gasteiger partial charge in [0.2, 0.25) is 5.91 Å². The van der Waals surface area contributed by atoms with Crippen LogP contribution in [0.5, 0.6) is 0 Å². The van der Waals surface area contributed by atoms with Crippen LogP contribution in [0.1, 0.15) is 36.5 Å². The van der Waals surface area contributed by atoms with Crippen LogP contribution in [0.15, 0.2) is 54.6 Å². The zero-order valence-electron chi connectivity index (χ0n) is 16.2. The van der Waals surface area contributed by atoms with Crippen molar-refractivity contribution in [2.24, 2.45) is 0 Å². The van der Waals surface area contributed by atoms with Gasteiger partial charge in [0.05, 0.1) is 12.0 Å². The number of ketones is 1. The number of Topliss-reactive ketones (excluding diaryl/α,β-unsaturated/α-hetero) is 1. The number of hydrogen-bond acceptors (Lipinski definition) is 3. The van der Waals surface area contributed by atoms with E-state index in [-0.39, 0.29) is 11.7 Å². The van der Waals surface area contributed by atoms with Gasteiger partial charge in [0.1, 0.15) is 5.78 Å². The first-order valence-electron chi connectivity index (χ1n) is 9.61. The molecule has 2 aromatic rings. The van der Waals surface area contributed by atoms with E-state index < -0.39 is 5.41 Å². The molecule has 1 N–H and O–H groups in total. The number of hydrogen-bond donors (Lipinski definition) is 1. The third-order valence-corrected chi connectivity index (χ3v) is 5.65. The van der Waals surface area contributed by atoms with Crippen LogP contribution in [0.25, 0.3) is 0 Å². The summed E-state index contributed by atoms with van der Waals surface area (Å²) in [5, 5.41) is 3.00. The van der Waals surface area contributed by atoms with Crippen LogP contribution in [0, 0.1) is 6.92 Å². The summed E-state index contributed by atoms with van der Waals surface area (Å²) >= 11 is 0. The number of benzene rings is 2. The predicted molar refractivity (Wildman–Crippen MR) is 108 cm³/mol. The Bertz CT molecular complexity index is 793. The van der Waals surface area contributed by atoms with Crippen molar-refractivity contribution in [1.82, 2.24) is 10.2 Å². The van der Waals surface area contributed by atoms with Crippen molar-refractivity contribution in [2.45, 2.75) is 38.6 Å². The molecule has 0 saturated carbocycles. The van der Waals surface area contributed by atoms with E-state index in [2.05, 4.69) is 16.3 Å². The van der Waals surface area contributed by atoms with E-state index in [4.69, 9.17) is 0 Å². The van der Waals surface area contributed by atoms with E-state index in [1.165, 1.54) is 5.56 Å². The summed E-state index contributed by atoms with van der Waals surface area (Å²) in [6, 6.07) is 18.2. The largest absolute Gasteiger partial charge is 0.351 e. The average molecular weight is 364 g/mol. The first-order chi connectivity index (χ1) is 13.0. The molecule has 0 aliphatic carbocycles. The summed E-state index contributed by atoms with van der Waals surface area (Å²) in [4.78, 5) is 26.9. The monoisotopic (exact) mass is 364 g/mol. The fourth-order valence-electron chi connectivity index (χ4n) is 3.98. The van der Waals surface area contributed by atoms with E-state index in [1.54, 1.807) is 6.92 Å². The zero-order valence-corrected chi connectivity index (χ0v) is 16.2. The van der Waals surface area contributed by atoms with Crippen LogP contribution in [0.3, 0.4) is 0 Å². The first kappa shape index (κ1) is 19.3. The second-order valence-corrected chi connectivity index (χ2v) is 7.55. The van der Waals surface area contributed by atoms with Crippen LogP contribution in [-0.4, -0.2) is 36.2 Å². The van der Waals surface area contributed by atoms with Crippen molar-refractivity contribution >= 4 is 11.7 Å². The zero-order chi connectivity index (χ0) is 19.3. The molecule has 0 bridgehead atoms. The Morgan fingerprint density at radius 3 is 2.37 bits per heavy atom. The molecule has 0 atom stereocenters. The van der Waals surface area contributed by atoms with Crippen LogP contribution in [0.4, 0.5) is 0 Å². The van der Waals surface area contributed by atoms with Crippen molar-refractivity contribution in [1.29, 1.82) is 0 Å². The summed E-state index contributed by atoms with van der Waals surface area (Å²) in [6.07, 6.45) is 1.52. The average Bonchev–Trinajstić information content (AvgIpc) is 2.68. The molecule has 0 spiro atoms. The molecule has 27 heavy (non-hydrogen) atoms. The maximum Gasteiger partial charge on any atom is 0.234 e. The minimum absolute atomic E-state index is 0.0338. The smallest absolute Gasteiger partial charge is 0.234 e. The Morgan fingerprint density at radius 1 is 1.04 bits per heavy atom. The molecule has 1 amide bonds. The van der Waals surface area contributed by atoms with Crippen molar-refractivity contribution < 1.29 is 9.59 Å². The number of likely N-dealkylation sites (tertiary alicyclic amines) is 1. The molecule has 1 aliphatic heterocycles. The van der Waals surface area contributed by atoms with E-state index in [9.17, 15) is 9.59 Å². The van der Waals surface area contributed by atoms with Gasteiger partial charge >= 0.3 is 0 Å². The molecule has 2 aromatic carbocycles. The van der Waals surface area contributed by atoms with Crippen molar-refractivity contribution in [2.75, 3.05) is 19.6 Å². The second kappa shape index (κ2) is 8.49. The lowest BCUT2D eigenvalue weighted by molar-refractivity contribution is -0.125. The highest BCUT2D eigenvalue weighted by atomic mass is 16.2. The van der Waals surface area contributed by atoms with E-state index in [1.807, 2.05) is 55.5 Å². The summed E-state index contributed by atoms with van der Waals surface area (Å²) in [5.41, 5.74) is 3.00. The third kappa shape index (κ3) is 4.64. The lowest BCUT2D eigenvalue weighted by atomic mass is 9.70. The molecule has 3 rings (SSSR count). The Balaban J connectivity index is 1.54. The van der Waals surface area contributed by atoms with Gasteiger partial charge in [0.25, 0.3) is 0 Å². The van der Waals surface area contributed by atoms with Gasteiger partial charge in [0, 0.05) is 6.54 Å². The normalized spacial score (nSPS) is 16.7. The Kier molecular flexibility index (Phi) is 6.07. The van der Waals surface area contributed by atoms with E-state index >= 15 is 0 Å². The van der Waals surface area contributed by atoms with Crippen LogP contribution in [0.2, 0.25) is 0 Å². The molecule has 4 heteroatoms. The number of nitrogens with zero attached hydrogens (tertiary/aromatic N) is 1. The molecule has 1 fully saturated rings. The van der Waals surface area contributed by atoms with Gasteiger partial charge in [-0.2, -0.15) is 0 Å². The second-order valence-electron chi connectivity index (χ2n) is 7.55. The highest BCUT2D eigenvalue weighted by Gasteiger charge is 2.40. The van der Waals surface area contributed by atoms with Gasteiger partial charge in [-0.05, 0) is 50.9 Å². The molecule has 0 unspecified atom stereocenters. The lowest BCUT2D eigenvalue weighted by Crippen LogP contribution is -2.49. The van der Waals surface area contributed by atoms with Crippen molar-refractivity contribution in [3.8, 4) is 0 Å². The Labute approximate surface area is 161 Å². The fourth-order valence-corrected chi connectivity index (χ4v) is 3.98. The minimum atomic E-state index is -0.407. The first-order valence-corrected chi connectivity index (χ1v) is 9.61. The molecule has 0 aromatic heterocycles. The molecule has 0 radical (unpaired) electrons. The Morgan fingerprint density at radius 2 is 1.74 bits per heavy atom. The molecule has 1 aliphatic rings. The van der Waals surface area contributed by atoms with Gasteiger partial charge in [0.15, 0.2) is 0 Å². The molecule has 4 nitrogen and oxygen atoms in total. The maximum absolute atomic E-state index is 12.4. The molecule has 1 heterocycles. The Hall–Kier alpha value is -2.46. The van der Waals surface area contributed by atoms with Gasteiger partial charge < -0.3 is 5.32 Å². The van der Waals surface area contributed by atoms with Gasteiger partial charge in [-0.15, -0.1) is 0 Å².